The van der Waals surface area contributed by atoms with Gasteiger partial charge in [-0.2, -0.15) is 5.10 Å². The van der Waals surface area contributed by atoms with E-state index >= 15 is 0 Å². The number of nitrogens with zero attached hydrogens (tertiary/aromatic N) is 3. The predicted octanol–water partition coefficient (Wildman–Crippen LogP) is 6.37. The molecule has 0 saturated heterocycles. The van der Waals surface area contributed by atoms with Crippen molar-refractivity contribution in [2.75, 3.05) is 0 Å². The zero-order valence-electron chi connectivity index (χ0n) is 13.1. The first-order valence-corrected chi connectivity index (χ1v) is 9.42. The Hall–Kier alpha value is -1.80. The van der Waals surface area contributed by atoms with E-state index in [2.05, 4.69) is 10.1 Å². The fraction of sp³-hybridized carbons (Fsp3) is 0.0588. The van der Waals surface area contributed by atoms with Crippen LogP contribution in [0.3, 0.4) is 0 Å². The van der Waals surface area contributed by atoms with Crippen molar-refractivity contribution in [1.29, 1.82) is 0 Å². The molecular formula is C17H7Cl3F3N3S. The van der Waals surface area contributed by atoms with Crippen molar-refractivity contribution in [3.8, 4) is 21.7 Å². The smallest absolute Gasteiger partial charge is 0.228 e. The molecule has 0 amide bonds. The van der Waals surface area contributed by atoms with Crippen LogP contribution in [0.1, 0.15) is 5.69 Å². The van der Waals surface area contributed by atoms with Crippen molar-refractivity contribution >= 4 is 51.8 Å². The first-order chi connectivity index (χ1) is 12.8. The lowest BCUT2D eigenvalue weighted by atomic mass is 10.1. The summed E-state index contributed by atoms with van der Waals surface area (Å²) < 4.78 is 40.5. The van der Waals surface area contributed by atoms with Gasteiger partial charge in [0, 0.05) is 22.7 Å². The summed E-state index contributed by atoms with van der Waals surface area (Å²) >= 11 is 19.5. The Bertz CT molecular complexity index is 1150. The summed E-state index contributed by atoms with van der Waals surface area (Å²) in [5.41, 5.74) is 0.818. The molecule has 0 unspecified atom stereocenters. The molecule has 0 aliphatic heterocycles. The third-order valence-electron chi connectivity index (χ3n) is 3.81. The van der Waals surface area contributed by atoms with Crippen molar-refractivity contribution in [2.45, 2.75) is 3.79 Å². The molecule has 3 aromatic heterocycles. The Morgan fingerprint density at radius 1 is 1.00 bits per heavy atom. The minimum absolute atomic E-state index is 0.0903. The minimum atomic E-state index is -1.82. The number of hydrogen-bond acceptors (Lipinski definition) is 3. The number of benzene rings is 1. The highest BCUT2D eigenvalue weighted by atomic mass is 35.6. The largest absolute Gasteiger partial charge is 0.235 e. The van der Waals surface area contributed by atoms with Gasteiger partial charge in [-0.15, -0.1) is 11.3 Å². The second-order valence-corrected chi connectivity index (χ2v) is 8.75. The zero-order chi connectivity index (χ0) is 19.3. The summed E-state index contributed by atoms with van der Waals surface area (Å²) in [4.78, 5) is 5.11. The number of aromatic nitrogens is 3. The topological polar surface area (TPSA) is 30.2 Å². The Morgan fingerprint density at radius 2 is 1.74 bits per heavy atom. The van der Waals surface area contributed by atoms with E-state index in [1.165, 1.54) is 28.1 Å². The van der Waals surface area contributed by atoms with E-state index in [-0.39, 0.29) is 17.0 Å². The molecule has 1 aromatic carbocycles. The average molecular weight is 449 g/mol. The van der Waals surface area contributed by atoms with E-state index in [1.54, 1.807) is 6.07 Å². The summed E-state index contributed by atoms with van der Waals surface area (Å²) in [5.74, 6) is -3.40. The highest BCUT2D eigenvalue weighted by Crippen LogP contribution is 2.45. The summed E-state index contributed by atoms with van der Waals surface area (Å²) in [6.45, 7) is 0. The van der Waals surface area contributed by atoms with E-state index in [4.69, 9.17) is 34.8 Å². The molecule has 0 N–H and O–H groups in total. The number of hydrogen-bond donors (Lipinski definition) is 0. The van der Waals surface area contributed by atoms with Crippen LogP contribution in [-0.4, -0.2) is 14.6 Å². The molecule has 0 fully saturated rings. The lowest BCUT2D eigenvalue weighted by Gasteiger charge is -2.09. The SMILES string of the molecule is Fc1cc(F)c(-c2ccn3nc(C(Cl)(Cl)Cl)c(-c4cccs4)c3n2)cc1F. The fourth-order valence-electron chi connectivity index (χ4n) is 2.64. The quantitative estimate of drug-likeness (QED) is 0.263. The van der Waals surface area contributed by atoms with Gasteiger partial charge < -0.3 is 0 Å². The number of rotatable bonds is 2. The van der Waals surface area contributed by atoms with Gasteiger partial charge in [0.15, 0.2) is 17.3 Å². The van der Waals surface area contributed by atoms with Gasteiger partial charge in [0.2, 0.25) is 3.79 Å². The van der Waals surface area contributed by atoms with Gasteiger partial charge in [0.1, 0.15) is 11.5 Å². The van der Waals surface area contributed by atoms with Crippen molar-refractivity contribution < 1.29 is 13.2 Å². The summed E-state index contributed by atoms with van der Waals surface area (Å²) in [5, 5.41) is 6.10. The summed E-state index contributed by atoms with van der Waals surface area (Å²) in [7, 11) is 0. The molecule has 0 aliphatic carbocycles. The van der Waals surface area contributed by atoms with Crippen LogP contribution in [0.15, 0.2) is 41.9 Å². The van der Waals surface area contributed by atoms with E-state index in [0.717, 1.165) is 10.9 Å². The highest BCUT2D eigenvalue weighted by molar-refractivity contribution is 7.13. The lowest BCUT2D eigenvalue weighted by molar-refractivity contribution is 0.496. The van der Waals surface area contributed by atoms with Gasteiger partial charge in [0.25, 0.3) is 0 Å². The average Bonchev–Trinajstić information content (AvgIpc) is 3.23. The molecule has 4 rings (SSSR count). The molecule has 0 radical (unpaired) electrons. The molecule has 4 aromatic rings. The van der Waals surface area contributed by atoms with Gasteiger partial charge in [-0.25, -0.2) is 22.7 Å². The monoisotopic (exact) mass is 447 g/mol. The number of alkyl halides is 3. The number of fused-ring (bicyclic) bond motifs is 1. The Kier molecular flexibility index (Phi) is 4.58. The molecule has 3 nitrogen and oxygen atoms in total. The second kappa shape index (κ2) is 6.67. The van der Waals surface area contributed by atoms with Crippen LogP contribution < -0.4 is 0 Å². The van der Waals surface area contributed by atoms with Crippen molar-refractivity contribution in [2.24, 2.45) is 0 Å². The minimum Gasteiger partial charge on any atom is -0.228 e. The van der Waals surface area contributed by atoms with Gasteiger partial charge >= 0.3 is 0 Å². The fourth-order valence-corrected chi connectivity index (χ4v) is 3.81. The molecule has 10 heteroatoms. The molecular weight excluding hydrogens is 442 g/mol. The molecule has 138 valence electrons. The second-order valence-electron chi connectivity index (χ2n) is 5.53. The molecule has 0 saturated carbocycles. The Morgan fingerprint density at radius 3 is 2.41 bits per heavy atom. The third-order valence-corrected chi connectivity index (χ3v) is 5.23. The predicted molar refractivity (Wildman–Crippen MR) is 101 cm³/mol. The van der Waals surface area contributed by atoms with E-state index in [9.17, 15) is 13.2 Å². The first-order valence-electron chi connectivity index (χ1n) is 7.41. The maximum absolute atomic E-state index is 14.2. The lowest BCUT2D eigenvalue weighted by Crippen LogP contribution is -2.02. The maximum atomic E-state index is 14.2. The van der Waals surface area contributed by atoms with Crippen molar-refractivity contribution in [3.63, 3.8) is 0 Å². The van der Waals surface area contributed by atoms with Crippen LogP contribution in [0.5, 0.6) is 0 Å². The number of halogens is 6. The molecule has 0 bridgehead atoms. The Labute approximate surface area is 169 Å². The van der Waals surface area contributed by atoms with Crippen LogP contribution in [0.4, 0.5) is 13.2 Å². The molecule has 0 atom stereocenters. The van der Waals surface area contributed by atoms with Gasteiger partial charge in [-0.1, -0.05) is 40.9 Å². The van der Waals surface area contributed by atoms with E-state index in [1.807, 2.05) is 11.4 Å². The molecule has 3 heterocycles. The van der Waals surface area contributed by atoms with Crippen LogP contribution in [0.2, 0.25) is 0 Å². The van der Waals surface area contributed by atoms with Crippen LogP contribution in [-0.2, 0) is 3.79 Å². The van der Waals surface area contributed by atoms with Gasteiger partial charge in [-0.05, 0) is 23.6 Å². The third kappa shape index (κ3) is 3.29. The number of thiophene rings is 1. The van der Waals surface area contributed by atoms with Crippen LogP contribution >= 0.6 is 46.1 Å². The first kappa shape index (κ1) is 18.6. The normalized spacial score (nSPS) is 12.1. The van der Waals surface area contributed by atoms with E-state index in [0.29, 0.717) is 17.3 Å². The zero-order valence-corrected chi connectivity index (χ0v) is 16.1. The van der Waals surface area contributed by atoms with Crippen LogP contribution in [0.25, 0.3) is 27.3 Å². The van der Waals surface area contributed by atoms with Crippen LogP contribution in [0, 0.1) is 17.5 Å². The molecule has 0 spiro atoms. The van der Waals surface area contributed by atoms with E-state index < -0.39 is 21.2 Å². The maximum Gasteiger partial charge on any atom is 0.235 e. The molecule has 0 aliphatic rings. The van der Waals surface area contributed by atoms with Gasteiger partial charge in [0.05, 0.1) is 11.3 Å². The highest BCUT2D eigenvalue weighted by Gasteiger charge is 2.33. The summed E-state index contributed by atoms with van der Waals surface area (Å²) in [6, 6.07) is 6.25. The summed E-state index contributed by atoms with van der Waals surface area (Å²) in [6.07, 6.45) is 1.48. The Balaban J connectivity index is 2.00. The standard InChI is InChI=1S/C17H7Cl3F3N3S/c18-17(19,20)15-14(13-2-1-5-27-13)16-24-12(3-4-26(16)25-15)8-6-10(22)11(23)7-9(8)21/h1-7H. The van der Waals surface area contributed by atoms with Crippen molar-refractivity contribution in [1.82, 2.24) is 14.6 Å². The van der Waals surface area contributed by atoms with Gasteiger partial charge in [-0.3, -0.25) is 0 Å². The molecule has 27 heavy (non-hydrogen) atoms. The van der Waals surface area contributed by atoms with Crippen molar-refractivity contribution in [3.05, 3.63) is 65.1 Å².